The number of pyridine rings is 1. The molecule has 0 aliphatic heterocycles. The van der Waals surface area contributed by atoms with Gasteiger partial charge in [-0.2, -0.15) is 0 Å². The van der Waals surface area contributed by atoms with E-state index in [4.69, 9.17) is 0 Å². The number of aromatic amines is 1. The Hall–Kier alpha value is -2.36. The second-order valence-corrected chi connectivity index (χ2v) is 5.53. The van der Waals surface area contributed by atoms with Crippen LogP contribution in [-0.4, -0.2) is 21.8 Å². The first kappa shape index (κ1) is 13.6. The lowest BCUT2D eigenvalue weighted by molar-refractivity contribution is 0.0728. The molecule has 2 aromatic rings. The number of aryl methyl sites for hydroxylation is 1. The summed E-state index contributed by atoms with van der Waals surface area (Å²) in [6, 6.07) is 13.5. The Bertz CT molecular complexity index is 702. The van der Waals surface area contributed by atoms with Gasteiger partial charge in [0, 0.05) is 18.3 Å². The highest BCUT2D eigenvalue weighted by atomic mass is 16.2. The molecule has 1 aromatic carbocycles. The van der Waals surface area contributed by atoms with E-state index in [9.17, 15) is 9.59 Å². The number of hydrogen-bond donors (Lipinski definition) is 1. The fraction of sp³-hybridized carbons (Fsp3) is 0.294. The number of aromatic nitrogens is 1. The predicted octanol–water partition coefficient (Wildman–Crippen LogP) is 2.49. The van der Waals surface area contributed by atoms with E-state index >= 15 is 0 Å². The lowest BCUT2D eigenvalue weighted by Crippen LogP contribution is -2.36. The molecule has 1 aliphatic carbocycles. The average Bonchev–Trinajstić information content (AvgIpc) is 3.30. The minimum absolute atomic E-state index is 0.178. The van der Waals surface area contributed by atoms with Crippen LogP contribution < -0.4 is 5.56 Å². The second-order valence-electron chi connectivity index (χ2n) is 5.53. The van der Waals surface area contributed by atoms with Gasteiger partial charge in [-0.1, -0.05) is 30.3 Å². The molecule has 1 amide bonds. The molecule has 4 heteroatoms. The topological polar surface area (TPSA) is 53.2 Å². The average molecular weight is 282 g/mol. The van der Waals surface area contributed by atoms with Gasteiger partial charge in [-0.3, -0.25) is 9.59 Å². The van der Waals surface area contributed by atoms with Crippen LogP contribution in [0.3, 0.4) is 0 Å². The molecule has 0 spiro atoms. The summed E-state index contributed by atoms with van der Waals surface area (Å²) in [5.41, 5.74) is 1.76. The van der Waals surface area contributed by atoms with Crippen molar-refractivity contribution in [1.82, 2.24) is 9.88 Å². The standard InChI is InChI=1S/C17H18N2O2/c1-12-7-10-15(16(20)18-12)17(21)19(14-8-9-14)11-13-5-3-2-4-6-13/h2-7,10,14H,8-9,11H2,1H3,(H,18,20). The molecule has 1 fully saturated rings. The van der Waals surface area contributed by atoms with Crippen LogP contribution in [0.4, 0.5) is 0 Å². The van der Waals surface area contributed by atoms with Crippen molar-refractivity contribution in [2.45, 2.75) is 32.4 Å². The van der Waals surface area contributed by atoms with Gasteiger partial charge in [0.15, 0.2) is 0 Å². The Balaban J connectivity index is 1.87. The number of hydrogen-bond acceptors (Lipinski definition) is 2. The van der Waals surface area contributed by atoms with Crippen molar-refractivity contribution in [3.63, 3.8) is 0 Å². The Morgan fingerprint density at radius 3 is 2.52 bits per heavy atom. The molecule has 1 aliphatic rings. The molecule has 0 saturated heterocycles. The number of benzene rings is 1. The third-order valence-corrected chi connectivity index (χ3v) is 3.73. The minimum atomic E-state index is -0.307. The van der Waals surface area contributed by atoms with Gasteiger partial charge in [-0.25, -0.2) is 0 Å². The number of H-pyrrole nitrogens is 1. The highest BCUT2D eigenvalue weighted by Gasteiger charge is 2.33. The maximum Gasteiger partial charge on any atom is 0.260 e. The maximum atomic E-state index is 12.7. The molecule has 1 saturated carbocycles. The van der Waals surface area contributed by atoms with E-state index < -0.39 is 0 Å². The van der Waals surface area contributed by atoms with Gasteiger partial charge in [-0.15, -0.1) is 0 Å². The van der Waals surface area contributed by atoms with Crippen LogP contribution in [0.15, 0.2) is 47.3 Å². The van der Waals surface area contributed by atoms with Crippen LogP contribution in [0.1, 0.15) is 34.5 Å². The minimum Gasteiger partial charge on any atom is -0.331 e. The highest BCUT2D eigenvalue weighted by Crippen LogP contribution is 2.29. The maximum absolute atomic E-state index is 12.7. The van der Waals surface area contributed by atoms with E-state index in [0.29, 0.717) is 6.54 Å². The summed E-state index contributed by atoms with van der Waals surface area (Å²) in [4.78, 5) is 29.2. The molecule has 0 bridgehead atoms. The fourth-order valence-electron chi connectivity index (χ4n) is 2.43. The Labute approximate surface area is 123 Å². The Kier molecular flexibility index (Phi) is 3.60. The zero-order valence-electron chi connectivity index (χ0n) is 12.0. The van der Waals surface area contributed by atoms with Gasteiger partial charge < -0.3 is 9.88 Å². The highest BCUT2D eigenvalue weighted by molar-refractivity contribution is 5.94. The molecule has 3 rings (SSSR count). The Morgan fingerprint density at radius 1 is 1.19 bits per heavy atom. The summed E-state index contributed by atoms with van der Waals surface area (Å²) in [5, 5.41) is 0. The van der Waals surface area contributed by atoms with Crippen molar-refractivity contribution < 1.29 is 4.79 Å². The third-order valence-electron chi connectivity index (χ3n) is 3.73. The van der Waals surface area contributed by atoms with E-state index in [0.717, 1.165) is 24.1 Å². The monoisotopic (exact) mass is 282 g/mol. The van der Waals surface area contributed by atoms with Crippen LogP contribution in [0.5, 0.6) is 0 Å². The molecule has 1 N–H and O–H groups in total. The zero-order valence-corrected chi connectivity index (χ0v) is 12.0. The van der Waals surface area contributed by atoms with Crippen LogP contribution >= 0.6 is 0 Å². The van der Waals surface area contributed by atoms with Crippen LogP contribution in [0.25, 0.3) is 0 Å². The van der Waals surface area contributed by atoms with Crippen molar-refractivity contribution in [3.8, 4) is 0 Å². The summed E-state index contributed by atoms with van der Waals surface area (Å²) < 4.78 is 0. The predicted molar refractivity (Wildman–Crippen MR) is 81.1 cm³/mol. The third kappa shape index (κ3) is 3.05. The lowest BCUT2D eigenvalue weighted by atomic mass is 10.1. The van der Waals surface area contributed by atoms with E-state index in [1.54, 1.807) is 19.1 Å². The van der Waals surface area contributed by atoms with Gasteiger partial charge in [0.1, 0.15) is 5.56 Å². The summed E-state index contributed by atoms with van der Waals surface area (Å²) in [6.45, 7) is 2.36. The van der Waals surface area contributed by atoms with Gasteiger partial charge in [0.2, 0.25) is 0 Å². The Morgan fingerprint density at radius 2 is 1.90 bits per heavy atom. The smallest absolute Gasteiger partial charge is 0.260 e. The van der Waals surface area contributed by atoms with Crippen molar-refractivity contribution >= 4 is 5.91 Å². The number of carbonyl (C=O) groups is 1. The van der Waals surface area contributed by atoms with Crippen LogP contribution in [-0.2, 0) is 6.54 Å². The summed E-state index contributed by atoms with van der Waals surface area (Å²) in [6.07, 6.45) is 2.03. The molecule has 0 unspecified atom stereocenters. The van der Waals surface area contributed by atoms with Crippen molar-refractivity contribution in [3.05, 3.63) is 69.6 Å². The van der Waals surface area contributed by atoms with Crippen LogP contribution in [0, 0.1) is 6.92 Å². The van der Waals surface area contributed by atoms with Gasteiger partial charge in [0.25, 0.3) is 11.5 Å². The number of nitrogens with zero attached hydrogens (tertiary/aromatic N) is 1. The number of rotatable bonds is 4. The SMILES string of the molecule is Cc1ccc(C(=O)N(Cc2ccccc2)C2CC2)c(=O)[nH]1. The van der Waals surface area contributed by atoms with Crippen molar-refractivity contribution in [1.29, 1.82) is 0 Å². The summed E-state index contributed by atoms with van der Waals surface area (Å²) in [5.74, 6) is -0.178. The first-order chi connectivity index (χ1) is 10.1. The number of amides is 1. The molecular formula is C17H18N2O2. The van der Waals surface area contributed by atoms with Gasteiger partial charge >= 0.3 is 0 Å². The number of carbonyl (C=O) groups excluding carboxylic acids is 1. The molecule has 1 aromatic heterocycles. The molecule has 4 nitrogen and oxygen atoms in total. The summed E-state index contributed by atoms with van der Waals surface area (Å²) in [7, 11) is 0. The van der Waals surface area contributed by atoms with Crippen molar-refractivity contribution in [2.75, 3.05) is 0 Å². The van der Waals surface area contributed by atoms with Crippen LogP contribution in [0.2, 0.25) is 0 Å². The van der Waals surface area contributed by atoms with E-state index in [1.165, 1.54) is 0 Å². The molecule has 0 atom stereocenters. The zero-order chi connectivity index (χ0) is 14.8. The molecular weight excluding hydrogens is 264 g/mol. The molecule has 1 heterocycles. The van der Waals surface area contributed by atoms with E-state index in [-0.39, 0.29) is 23.1 Å². The fourth-order valence-corrected chi connectivity index (χ4v) is 2.43. The van der Waals surface area contributed by atoms with E-state index in [1.807, 2.05) is 35.2 Å². The van der Waals surface area contributed by atoms with Crippen molar-refractivity contribution in [2.24, 2.45) is 0 Å². The molecule has 21 heavy (non-hydrogen) atoms. The quantitative estimate of drug-likeness (QED) is 0.936. The largest absolute Gasteiger partial charge is 0.331 e. The van der Waals surface area contributed by atoms with Gasteiger partial charge in [0.05, 0.1) is 0 Å². The van der Waals surface area contributed by atoms with Gasteiger partial charge in [-0.05, 0) is 37.5 Å². The first-order valence-electron chi connectivity index (χ1n) is 7.20. The number of nitrogens with one attached hydrogen (secondary N) is 1. The summed E-state index contributed by atoms with van der Waals surface area (Å²) >= 11 is 0. The molecule has 108 valence electrons. The molecule has 0 radical (unpaired) electrons. The van der Waals surface area contributed by atoms with E-state index in [2.05, 4.69) is 4.98 Å². The second kappa shape index (κ2) is 5.56. The first-order valence-corrected chi connectivity index (χ1v) is 7.20. The normalized spacial score (nSPS) is 14.0. The lowest BCUT2D eigenvalue weighted by Gasteiger charge is -2.22.